The van der Waals surface area contributed by atoms with E-state index in [2.05, 4.69) is 4.99 Å². The monoisotopic (exact) mass is 245 g/mol. The zero-order valence-electron chi connectivity index (χ0n) is 11.4. The van der Waals surface area contributed by atoms with Gasteiger partial charge in [-0.15, -0.1) is 0 Å². The lowest BCUT2D eigenvalue weighted by molar-refractivity contribution is 0.0987. The van der Waals surface area contributed by atoms with E-state index in [4.69, 9.17) is 4.74 Å². The van der Waals surface area contributed by atoms with E-state index in [1.165, 1.54) is 0 Å². The van der Waals surface area contributed by atoms with E-state index in [1.807, 2.05) is 45.9 Å². The summed E-state index contributed by atoms with van der Waals surface area (Å²) in [4.78, 5) is 16.6. The van der Waals surface area contributed by atoms with Gasteiger partial charge < -0.3 is 4.74 Å². The van der Waals surface area contributed by atoms with Crippen LogP contribution in [0.2, 0.25) is 0 Å². The van der Waals surface area contributed by atoms with Crippen molar-refractivity contribution in [2.24, 2.45) is 4.99 Å². The van der Waals surface area contributed by atoms with E-state index in [0.29, 0.717) is 24.5 Å². The maximum absolute atomic E-state index is 12.0. The summed E-state index contributed by atoms with van der Waals surface area (Å²) in [6.07, 6.45) is 0.493. The molecule has 0 bridgehead atoms. The van der Waals surface area contributed by atoms with Crippen LogP contribution in [0, 0.1) is 6.92 Å². The van der Waals surface area contributed by atoms with Gasteiger partial charge in [0.15, 0.2) is 5.78 Å². The second kappa shape index (κ2) is 4.56. The number of aryl methyl sites for hydroxylation is 1. The highest BCUT2D eigenvalue weighted by atomic mass is 16.5. The molecule has 3 nitrogen and oxygen atoms in total. The standard InChI is InChI=1S/C15H19NO2/c1-5-12(17)11-8-6-7-10(2)13(11)14-16-15(3,4)9-18-14/h6-8H,5,9H2,1-4H3. The fourth-order valence-electron chi connectivity index (χ4n) is 2.09. The third-order valence-corrected chi connectivity index (χ3v) is 3.07. The minimum Gasteiger partial charge on any atom is -0.475 e. The van der Waals surface area contributed by atoms with Crippen LogP contribution in [0.1, 0.15) is 48.7 Å². The van der Waals surface area contributed by atoms with Gasteiger partial charge in [0, 0.05) is 12.0 Å². The average Bonchev–Trinajstić information content (AvgIpc) is 2.68. The minimum atomic E-state index is -0.204. The molecule has 3 heteroatoms. The van der Waals surface area contributed by atoms with Crippen molar-refractivity contribution in [1.82, 2.24) is 0 Å². The van der Waals surface area contributed by atoms with Crippen LogP contribution < -0.4 is 0 Å². The molecule has 0 amide bonds. The normalized spacial score (nSPS) is 17.2. The van der Waals surface area contributed by atoms with E-state index >= 15 is 0 Å². The summed E-state index contributed by atoms with van der Waals surface area (Å²) in [5, 5.41) is 0. The van der Waals surface area contributed by atoms with E-state index < -0.39 is 0 Å². The molecule has 0 radical (unpaired) electrons. The Hall–Kier alpha value is -1.64. The molecule has 0 aliphatic carbocycles. The van der Waals surface area contributed by atoms with Gasteiger partial charge in [0.2, 0.25) is 5.90 Å². The molecule has 1 aliphatic rings. The van der Waals surface area contributed by atoms with Crippen LogP contribution in [0.25, 0.3) is 0 Å². The topological polar surface area (TPSA) is 38.7 Å². The van der Waals surface area contributed by atoms with Crippen LogP contribution in [0.3, 0.4) is 0 Å². The fourth-order valence-corrected chi connectivity index (χ4v) is 2.09. The zero-order chi connectivity index (χ0) is 13.3. The summed E-state index contributed by atoms with van der Waals surface area (Å²) in [6, 6.07) is 5.74. The number of hydrogen-bond acceptors (Lipinski definition) is 3. The molecule has 1 aliphatic heterocycles. The first-order valence-corrected chi connectivity index (χ1v) is 6.30. The van der Waals surface area contributed by atoms with Crippen LogP contribution in [-0.2, 0) is 4.74 Å². The lowest BCUT2D eigenvalue weighted by Gasteiger charge is -2.10. The fraction of sp³-hybridized carbons (Fsp3) is 0.467. The van der Waals surface area contributed by atoms with Gasteiger partial charge in [0.05, 0.1) is 11.1 Å². The number of carbonyl (C=O) groups is 1. The molecule has 1 aromatic rings. The van der Waals surface area contributed by atoms with E-state index in [9.17, 15) is 4.79 Å². The van der Waals surface area contributed by atoms with Crippen LogP contribution in [0.4, 0.5) is 0 Å². The molecule has 18 heavy (non-hydrogen) atoms. The van der Waals surface area contributed by atoms with Crippen LogP contribution in [0.5, 0.6) is 0 Å². The Labute approximate surface area is 108 Å². The summed E-state index contributed by atoms with van der Waals surface area (Å²) in [5.74, 6) is 0.736. The smallest absolute Gasteiger partial charge is 0.217 e. The highest BCUT2D eigenvalue weighted by Gasteiger charge is 2.29. The van der Waals surface area contributed by atoms with Crippen LogP contribution in [0.15, 0.2) is 23.2 Å². The highest BCUT2D eigenvalue weighted by Crippen LogP contribution is 2.25. The van der Waals surface area contributed by atoms with E-state index in [1.54, 1.807) is 0 Å². The van der Waals surface area contributed by atoms with Gasteiger partial charge in [-0.05, 0) is 26.3 Å². The molecule has 0 unspecified atom stereocenters. The molecule has 2 rings (SSSR count). The summed E-state index contributed by atoms with van der Waals surface area (Å²) < 4.78 is 5.67. The third-order valence-electron chi connectivity index (χ3n) is 3.07. The van der Waals surface area contributed by atoms with Crippen molar-refractivity contribution in [3.8, 4) is 0 Å². The SMILES string of the molecule is CCC(=O)c1cccc(C)c1C1=NC(C)(C)CO1. The molecule has 0 atom stereocenters. The number of Topliss-reactive ketones (excluding diaryl/α,β-unsaturated/α-hetero) is 1. The van der Waals surface area contributed by atoms with Crippen molar-refractivity contribution in [2.75, 3.05) is 6.61 Å². The van der Waals surface area contributed by atoms with Crippen molar-refractivity contribution < 1.29 is 9.53 Å². The van der Waals surface area contributed by atoms with Crippen molar-refractivity contribution >= 4 is 11.7 Å². The molecule has 0 saturated heterocycles. The zero-order valence-corrected chi connectivity index (χ0v) is 11.4. The maximum atomic E-state index is 12.0. The molecule has 0 aromatic heterocycles. The molecule has 0 N–H and O–H groups in total. The first-order chi connectivity index (χ1) is 8.44. The molecule has 1 heterocycles. The predicted molar refractivity (Wildman–Crippen MR) is 72.4 cm³/mol. The molecular weight excluding hydrogens is 226 g/mol. The average molecular weight is 245 g/mol. The molecule has 1 aromatic carbocycles. The summed E-state index contributed by atoms with van der Waals surface area (Å²) in [7, 11) is 0. The number of nitrogens with zero attached hydrogens (tertiary/aromatic N) is 1. The first kappa shape index (κ1) is 12.8. The Bertz CT molecular complexity index is 515. The number of rotatable bonds is 3. The van der Waals surface area contributed by atoms with Gasteiger partial charge in [-0.3, -0.25) is 4.79 Å². The molecule has 0 saturated carbocycles. The molecular formula is C15H19NO2. The van der Waals surface area contributed by atoms with E-state index in [-0.39, 0.29) is 11.3 Å². The van der Waals surface area contributed by atoms with Gasteiger partial charge in [-0.1, -0.05) is 25.1 Å². The van der Waals surface area contributed by atoms with E-state index in [0.717, 1.165) is 11.1 Å². The Balaban J connectivity index is 2.54. The lowest BCUT2D eigenvalue weighted by atomic mass is 9.97. The number of hydrogen-bond donors (Lipinski definition) is 0. The Morgan fingerprint density at radius 1 is 1.44 bits per heavy atom. The van der Waals surface area contributed by atoms with Gasteiger partial charge in [-0.25, -0.2) is 4.99 Å². The van der Waals surface area contributed by atoms with Gasteiger partial charge in [0.25, 0.3) is 0 Å². The second-order valence-corrected chi connectivity index (χ2v) is 5.29. The second-order valence-electron chi connectivity index (χ2n) is 5.29. The largest absolute Gasteiger partial charge is 0.475 e. The third kappa shape index (κ3) is 2.30. The molecule has 96 valence electrons. The Morgan fingerprint density at radius 3 is 2.72 bits per heavy atom. The first-order valence-electron chi connectivity index (χ1n) is 6.30. The van der Waals surface area contributed by atoms with Gasteiger partial charge in [-0.2, -0.15) is 0 Å². The van der Waals surface area contributed by atoms with Crippen molar-refractivity contribution in [1.29, 1.82) is 0 Å². The molecule has 0 fully saturated rings. The number of aliphatic imine (C=N–C) groups is 1. The van der Waals surface area contributed by atoms with Crippen molar-refractivity contribution in [3.63, 3.8) is 0 Å². The predicted octanol–water partition coefficient (Wildman–Crippen LogP) is 3.14. The van der Waals surface area contributed by atoms with Gasteiger partial charge in [0.1, 0.15) is 6.61 Å². The van der Waals surface area contributed by atoms with Crippen molar-refractivity contribution in [2.45, 2.75) is 39.7 Å². The Kier molecular flexibility index (Phi) is 3.24. The number of carbonyl (C=O) groups excluding carboxylic acids is 1. The molecule has 0 spiro atoms. The van der Waals surface area contributed by atoms with Gasteiger partial charge >= 0.3 is 0 Å². The lowest BCUT2D eigenvalue weighted by Crippen LogP contribution is -2.17. The summed E-state index contributed by atoms with van der Waals surface area (Å²) in [6.45, 7) is 8.48. The highest BCUT2D eigenvalue weighted by molar-refractivity contribution is 6.09. The summed E-state index contributed by atoms with van der Waals surface area (Å²) >= 11 is 0. The number of ether oxygens (including phenoxy) is 1. The minimum absolute atomic E-state index is 0.129. The maximum Gasteiger partial charge on any atom is 0.217 e. The van der Waals surface area contributed by atoms with Crippen LogP contribution >= 0.6 is 0 Å². The summed E-state index contributed by atoms with van der Waals surface area (Å²) in [5.41, 5.74) is 2.40. The quantitative estimate of drug-likeness (QED) is 0.767. The van der Waals surface area contributed by atoms with Crippen LogP contribution in [-0.4, -0.2) is 23.8 Å². The van der Waals surface area contributed by atoms with Crippen molar-refractivity contribution in [3.05, 3.63) is 34.9 Å². The number of benzene rings is 1. The number of ketones is 1. The Morgan fingerprint density at radius 2 is 2.17 bits per heavy atom.